The summed E-state index contributed by atoms with van der Waals surface area (Å²) in [5, 5.41) is 14.6. The van der Waals surface area contributed by atoms with E-state index in [-0.39, 0.29) is 23.7 Å². The first-order valence-corrected chi connectivity index (χ1v) is 11.4. The summed E-state index contributed by atoms with van der Waals surface area (Å²) in [4.78, 5) is 42.3. The average Bonchev–Trinajstić information content (AvgIpc) is 3.37. The fourth-order valence-corrected chi connectivity index (χ4v) is 4.41. The van der Waals surface area contributed by atoms with Crippen molar-refractivity contribution in [1.29, 1.82) is 0 Å². The Balaban J connectivity index is 1.36. The number of anilines is 2. The minimum absolute atomic E-state index is 0.146. The fourth-order valence-electron chi connectivity index (χ4n) is 4.28. The molecule has 0 aromatic heterocycles. The molecule has 2 fully saturated rings. The van der Waals surface area contributed by atoms with Crippen LogP contribution in [0.15, 0.2) is 42.5 Å². The van der Waals surface area contributed by atoms with Gasteiger partial charge in [0.2, 0.25) is 5.91 Å². The number of non-ortho nitro benzene ring substituents is 1. The molecular formula is C23H26ClN5O4. The van der Waals surface area contributed by atoms with Gasteiger partial charge in [0.25, 0.3) is 11.6 Å². The average molecular weight is 472 g/mol. The maximum absolute atomic E-state index is 12.9. The largest absolute Gasteiger partial charge is 0.371 e. The summed E-state index contributed by atoms with van der Waals surface area (Å²) >= 11 is 5.95. The molecule has 2 aliphatic heterocycles. The first kappa shape index (κ1) is 22.8. The number of amides is 2. The van der Waals surface area contributed by atoms with E-state index in [0.29, 0.717) is 36.9 Å². The Hall–Kier alpha value is -3.33. The summed E-state index contributed by atoms with van der Waals surface area (Å²) < 4.78 is 0. The highest BCUT2D eigenvalue weighted by atomic mass is 35.5. The zero-order valence-electron chi connectivity index (χ0n) is 18.2. The monoisotopic (exact) mass is 471 g/mol. The van der Waals surface area contributed by atoms with Crippen LogP contribution in [0, 0.1) is 10.1 Å². The maximum atomic E-state index is 12.9. The third-order valence-corrected chi connectivity index (χ3v) is 6.36. The van der Waals surface area contributed by atoms with Crippen LogP contribution >= 0.6 is 11.6 Å². The Kier molecular flexibility index (Phi) is 6.98. The molecule has 2 saturated heterocycles. The number of carbonyl (C=O) groups is 2. The minimum Gasteiger partial charge on any atom is -0.371 e. The van der Waals surface area contributed by atoms with Crippen molar-refractivity contribution in [1.82, 2.24) is 10.2 Å². The third kappa shape index (κ3) is 5.36. The van der Waals surface area contributed by atoms with E-state index >= 15 is 0 Å². The first-order chi connectivity index (χ1) is 15.9. The minimum atomic E-state index is -0.518. The van der Waals surface area contributed by atoms with Crippen LogP contribution in [0.1, 0.15) is 23.2 Å². The van der Waals surface area contributed by atoms with Gasteiger partial charge in [-0.2, -0.15) is 0 Å². The second kappa shape index (κ2) is 10.1. The molecule has 0 bridgehead atoms. The lowest BCUT2D eigenvalue weighted by Gasteiger charge is -2.36. The molecular weight excluding hydrogens is 446 g/mol. The zero-order chi connectivity index (χ0) is 23.4. The Bertz CT molecular complexity index is 1030. The lowest BCUT2D eigenvalue weighted by molar-refractivity contribution is -0.384. The number of halogens is 1. The van der Waals surface area contributed by atoms with E-state index in [0.717, 1.165) is 31.6 Å². The van der Waals surface area contributed by atoms with E-state index in [1.807, 2.05) is 24.3 Å². The van der Waals surface area contributed by atoms with E-state index in [1.165, 1.54) is 12.1 Å². The van der Waals surface area contributed by atoms with Gasteiger partial charge in [0.05, 0.1) is 22.7 Å². The Morgan fingerprint density at radius 1 is 0.939 bits per heavy atom. The molecule has 2 heterocycles. The summed E-state index contributed by atoms with van der Waals surface area (Å²) in [7, 11) is 0. The predicted molar refractivity (Wildman–Crippen MR) is 127 cm³/mol. The van der Waals surface area contributed by atoms with Crippen LogP contribution in [0.25, 0.3) is 0 Å². The second-order valence-electron chi connectivity index (χ2n) is 8.18. The molecule has 0 spiro atoms. The highest BCUT2D eigenvalue weighted by Crippen LogP contribution is 2.28. The summed E-state index contributed by atoms with van der Waals surface area (Å²) in [6, 6.07) is 11.9. The summed E-state index contributed by atoms with van der Waals surface area (Å²) in [6.07, 6.45) is 2.02. The molecule has 0 aliphatic carbocycles. The van der Waals surface area contributed by atoms with Gasteiger partial charge < -0.3 is 20.0 Å². The number of nitrogens with zero attached hydrogens (tertiary/aromatic N) is 4. The molecule has 2 aliphatic rings. The summed E-state index contributed by atoms with van der Waals surface area (Å²) in [5.74, 6) is -0.652. The van der Waals surface area contributed by atoms with Crippen LogP contribution in [0.4, 0.5) is 17.1 Å². The molecule has 2 aromatic rings. The van der Waals surface area contributed by atoms with Crippen LogP contribution in [0.2, 0.25) is 5.02 Å². The van der Waals surface area contributed by atoms with Gasteiger partial charge in [-0.15, -0.1) is 0 Å². The molecule has 10 heteroatoms. The number of nitro groups is 1. The van der Waals surface area contributed by atoms with Gasteiger partial charge >= 0.3 is 0 Å². The molecule has 0 saturated carbocycles. The van der Waals surface area contributed by atoms with Gasteiger partial charge in [0.1, 0.15) is 0 Å². The van der Waals surface area contributed by atoms with E-state index < -0.39 is 10.8 Å². The van der Waals surface area contributed by atoms with Gasteiger partial charge in [-0.05, 0) is 43.2 Å². The lowest BCUT2D eigenvalue weighted by atomic mass is 10.1. The quantitative estimate of drug-likeness (QED) is 0.513. The van der Waals surface area contributed by atoms with E-state index in [4.69, 9.17) is 11.6 Å². The van der Waals surface area contributed by atoms with Crippen molar-refractivity contribution < 1.29 is 14.5 Å². The maximum Gasteiger partial charge on any atom is 0.270 e. The third-order valence-electron chi connectivity index (χ3n) is 6.11. The van der Waals surface area contributed by atoms with Gasteiger partial charge in [-0.1, -0.05) is 11.6 Å². The number of hydrogen-bond acceptors (Lipinski definition) is 6. The molecule has 174 valence electrons. The Labute approximate surface area is 197 Å². The topological polar surface area (TPSA) is 99.0 Å². The summed E-state index contributed by atoms with van der Waals surface area (Å²) in [5.41, 5.74) is 1.80. The van der Waals surface area contributed by atoms with Gasteiger partial charge in [0.15, 0.2) is 0 Å². The van der Waals surface area contributed by atoms with Crippen molar-refractivity contribution >= 4 is 40.5 Å². The summed E-state index contributed by atoms with van der Waals surface area (Å²) in [6.45, 7) is 3.92. The van der Waals surface area contributed by atoms with Crippen LogP contribution in [-0.2, 0) is 4.79 Å². The van der Waals surface area contributed by atoms with Gasteiger partial charge in [0, 0.05) is 62.1 Å². The molecule has 1 N–H and O–H groups in total. The van der Waals surface area contributed by atoms with Crippen LogP contribution < -0.4 is 15.1 Å². The Morgan fingerprint density at radius 3 is 2.24 bits per heavy atom. The number of benzene rings is 2. The number of rotatable bonds is 6. The fraction of sp³-hybridized carbons (Fsp3) is 0.391. The molecule has 0 atom stereocenters. The molecule has 0 unspecified atom stereocenters. The molecule has 4 rings (SSSR count). The standard InChI is InChI=1S/C23H26ClN5O4/c24-17-3-5-18(6-4-17)26-11-13-28(14-12-26)22(30)16-25-23(31)20-15-19(29(32)33)7-8-21(20)27-9-1-2-10-27/h3-8,15H,1-2,9-14,16H2,(H,25,31). The van der Waals surface area contributed by atoms with E-state index in [1.54, 1.807) is 11.0 Å². The van der Waals surface area contributed by atoms with Crippen LogP contribution in [0.5, 0.6) is 0 Å². The Morgan fingerprint density at radius 2 is 1.61 bits per heavy atom. The number of nitro benzene ring substituents is 1. The molecule has 9 nitrogen and oxygen atoms in total. The van der Waals surface area contributed by atoms with Gasteiger partial charge in [-0.25, -0.2) is 0 Å². The molecule has 2 aromatic carbocycles. The van der Waals surface area contributed by atoms with Gasteiger partial charge in [-0.3, -0.25) is 19.7 Å². The molecule has 2 amide bonds. The normalized spacial score (nSPS) is 16.1. The highest BCUT2D eigenvalue weighted by Gasteiger charge is 2.25. The predicted octanol–water partition coefficient (Wildman–Crippen LogP) is 2.93. The molecule has 33 heavy (non-hydrogen) atoms. The number of piperazine rings is 1. The smallest absolute Gasteiger partial charge is 0.270 e. The zero-order valence-corrected chi connectivity index (χ0v) is 19.0. The second-order valence-corrected chi connectivity index (χ2v) is 8.62. The number of nitrogens with one attached hydrogen (secondary N) is 1. The van der Waals surface area contributed by atoms with E-state index in [9.17, 15) is 19.7 Å². The van der Waals surface area contributed by atoms with Crippen molar-refractivity contribution in [3.63, 3.8) is 0 Å². The SMILES string of the molecule is O=C(NCC(=O)N1CCN(c2ccc(Cl)cc2)CC1)c1cc([N+](=O)[O-])ccc1N1CCCC1. The molecule has 0 radical (unpaired) electrons. The van der Waals surface area contributed by atoms with Crippen LogP contribution in [-0.4, -0.2) is 67.5 Å². The number of hydrogen-bond donors (Lipinski definition) is 1. The number of carbonyl (C=O) groups excluding carboxylic acids is 2. The van der Waals surface area contributed by atoms with Crippen molar-refractivity contribution in [2.45, 2.75) is 12.8 Å². The van der Waals surface area contributed by atoms with Crippen molar-refractivity contribution in [2.24, 2.45) is 0 Å². The van der Waals surface area contributed by atoms with Crippen LogP contribution in [0.3, 0.4) is 0 Å². The lowest BCUT2D eigenvalue weighted by Crippen LogP contribution is -2.51. The van der Waals surface area contributed by atoms with E-state index in [2.05, 4.69) is 15.1 Å². The first-order valence-electron chi connectivity index (χ1n) is 11.0. The highest BCUT2D eigenvalue weighted by molar-refractivity contribution is 6.30. The van der Waals surface area contributed by atoms with Crippen molar-refractivity contribution in [2.75, 3.05) is 55.6 Å². The van der Waals surface area contributed by atoms with Crippen molar-refractivity contribution in [3.8, 4) is 0 Å². The van der Waals surface area contributed by atoms with Crippen molar-refractivity contribution in [3.05, 3.63) is 63.2 Å².